The lowest BCUT2D eigenvalue weighted by Crippen LogP contribution is -2.20. The summed E-state index contributed by atoms with van der Waals surface area (Å²) in [4.78, 5) is 16.1. The van der Waals surface area contributed by atoms with Gasteiger partial charge in [0.2, 0.25) is 0 Å². The Balaban J connectivity index is 1.53. The fourth-order valence-electron chi connectivity index (χ4n) is 2.65. The topological polar surface area (TPSA) is 51.2 Å². The Morgan fingerprint density at radius 3 is 2.38 bits per heavy atom. The molecule has 1 amide bonds. The van der Waals surface area contributed by atoms with Crippen LogP contribution in [0.15, 0.2) is 67.0 Å². The standard InChI is InChI=1S/C22H22N2O2/c1-16-3-4-17(2)21(13-16)26-15-22(25)24-20-7-5-18(6-8-20)14-19-9-11-23-12-10-19/h3-13H,14-15H2,1-2H3,(H,24,25). The van der Waals surface area contributed by atoms with Crippen molar-refractivity contribution >= 4 is 11.6 Å². The molecule has 0 saturated heterocycles. The van der Waals surface area contributed by atoms with Crippen LogP contribution in [0.3, 0.4) is 0 Å². The monoisotopic (exact) mass is 346 g/mol. The van der Waals surface area contributed by atoms with Gasteiger partial charge < -0.3 is 10.1 Å². The number of benzene rings is 2. The molecule has 4 nitrogen and oxygen atoms in total. The van der Waals surface area contributed by atoms with Crippen LogP contribution in [0.1, 0.15) is 22.3 Å². The molecule has 0 saturated carbocycles. The highest BCUT2D eigenvalue weighted by Gasteiger charge is 2.06. The number of rotatable bonds is 6. The van der Waals surface area contributed by atoms with Gasteiger partial charge in [0.25, 0.3) is 5.91 Å². The van der Waals surface area contributed by atoms with E-state index in [4.69, 9.17) is 4.74 Å². The van der Waals surface area contributed by atoms with Gasteiger partial charge in [-0.3, -0.25) is 9.78 Å². The molecular weight excluding hydrogens is 324 g/mol. The Morgan fingerprint density at radius 2 is 1.65 bits per heavy atom. The fraction of sp³-hybridized carbons (Fsp3) is 0.182. The van der Waals surface area contributed by atoms with Gasteiger partial charge >= 0.3 is 0 Å². The van der Waals surface area contributed by atoms with Crippen molar-refractivity contribution in [2.24, 2.45) is 0 Å². The highest BCUT2D eigenvalue weighted by molar-refractivity contribution is 5.91. The van der Waals surface area contributed by atoms with Gasteiger partial charge in [-0.15, -0.1) is 0 Å². The molecule has 1 aromatic heterocycles. The Hall–Kier alpha value is -3.14. The second kappa shape index (κ2) is 8.30. The molecule has 0 radical (unpaired) electrons. The molecule has 0 atom stereocenters. The predicted octanol–water partition coefficient (Wildman–Crippen LogP) is 4.31. The quantitative estimate of drug-likeness (QED) is 0.724. The highest BCUT2D eigenvalue weighted by Crippen LogP contribution is 2.19. The Bertz CT molecular complexity index is 874. The molecule has 0 bridgehead atoms. The first-order valence-corrected chi connectivity index (χ1v) is 8.58. The molecular formula is C22H22N2O2. The molecule has 132 valence electrons. The summed E-state index contributed by atoms with van der Waals surface area (Å²) < 4.78 is 5.64. The number of carbonyl (C=O) groups excluding carboxylic acids is 1. The van der Waals surface area contributed by atoms with E-state index in [0.29, 0.717) is 0 Å². The smallest absolute Gasteiger partial charge is 0.262 e. The zero-order chi connectivity index (χ0) is 18.4. The van der Waals surface area contributed by atoms with E-state index in [9.17, 15) is 4.79 Å². The molecule has 3 aromatic rings. The number of hydrogen-bond donors (Lipinski definition) is 1. The van der Waals surface area contributed by atoms with E-state index in [1.807, 2.05) is 68.4 Å². The third kappa shape index (κ3) is 4.93. The number of aromatic nitrogens is 1. The average molecular weight is 346 g/mol. The van der Waals surface area contributed by atoms with Crippen LogP contribution in [0.4, 0.5) is 5.69 Å². The van der Waals surface area contributed by atoms with Gasteiger partial charge in [-0.05, 0) is 72.9 Å². The van der Waals surface area contributed by atoms with Crippen LogP contribution in [0.5, 0.6) is 5.75 Å². The summed E-state index contributed by atoms with van der Waals surface area (Å²) in [6.07, 6.45) is 4.42. The van der Waals surface area contributed by atoms with Crippen molar-refractivity contribution in [2.75, 3.05) is 11.9 Å². The van der Waals surface area contributed by atoms with Crippen LogP contribution in [-0.4, -0.2) is 17.5 Å². The van der Waals surface area contributed by atoms with Crippen LogP contribution < -0.4 is 10.1 Å². The zero-order valence-corrected chi connectivity index (χ0v) is 15.0. The van der Waals surface area contributed by atoms with Crippen molar-refractivity contribution < 1.29 is 9.53 Å². The van der Waals surface area contributed by atoms with Crippen molar-refractivity contribution in [2.45, 2.75) is 20.3 Å². The second-order valence-corrected chi connectivity index (χ2v) is 6.33. The number of ether oxygens (including phenoxy) is 1. The minimum Gasteiger partial charge on any atom is -0.483 e. The first-order chi connectivity index (χ1) is 12.6. The molecule has 2 aromatic carbocycles. The number of anilines is 1. The third-order valence-corrected chi connectivity index (χ3v) is 4.10. The molecule has 0 spiro atoms. The van der Waals surface area contributed by atoms with E-state index < -0.39 is 0 Å². The van der Waals surface area contributed by atoms with Crippen molar-refractivity contribution in [3.8, 4) is 5.75 Å². The lowest BCUT2D eigenvalue weighted by molar-refractivity contribution is -0.118. The van der Waals surface area contributed by atoms with Crippen LogP contribution in [0.25, 0.3) is 0 Å². The first kappa shape index (κ1) is 17.7. The Morgan fingerprint density at radius 1 is 0.962 bits per heavy atom. The van der Waals surface area contributed by atoms with Crippen LogP contribution in [-0.2, 0) is 11.2 Å². The van der Waals surface area contributed by atoms with E-state index in [2.05, 4.69) is 10.3 Å². The minimum absolute atomic E-state index is 0.0109. The number of aryl methyl sites for hydroxylation is 2. The predicted molar refractivity (Wildman–Crippen MR) is 104 cm³/mol. The first-order valence-electron chi connectivity index (χ1n) is 8.58. The molecule has 4 heteroatoms. The molecule has 1 N–H and O–H groups in total. The Labute approximate surface area is 153 Å². The van der Waals surface area contributed by atoms with E-state index in [0.717, 1.165) is 29.0 Å². The maximum absolute atomic E-state index is 12.1. The van der Waals surface area contributed by atoms with Crippen LogP contribution in [0.2, 0.25) is 0 Å². The number of nitrogens with one attached hydrogen (secondary N) is 1. The van der Waals surface area contributed by atoms with Gasteiger partial charge in [-0.1, -0.05) is 24.3 Å². The van der Waals surface area contributed by atoms with Gasteiger partial charge in [0.15, 0.2) is 6.61 Å². The van der Waals surface area contributed by atoms with Crippen molar-refractivity contribution in [3.05, 3.63) is 89.2 Å². The summed E-state index contributed by atoms with van der Waals surface area (Å²) in [6.45, 7) is 3.96. The van der Waals surface area contributed by atoms with Gasteiger partial charge in [0.1, 0.15) is 5.75 Å². The maximum Gasteiger partial charge on any atom is 0.262 e. The number of amides is 1. The van der Waals surface area contributed by atoms with Gasteiger partial charge in [0, 0.05) is 18.1 Å². The molecule has 0 fully saturated rings. The number of carbonyl (C=O) groups is 1. The largest absolute Gasteiger partial charge is 0.483 e. The molecule has 0 aliphatic rings. The third-order valence-electron chi connectivity index (χ3n) is 4.10. The number of nitrogens with zero attached hydrogens (tertiary/aromatic N) is 1. The molecule has 26 heavy (non-hydrogen) atoms. The van der Waals surface area contributed by atoms with Crippen LogP contribution in [0, 0.1) is 13.8 Å². The van der Waals surface area contributed by atoms with E-state index in [-0.39, 0.29) is 12.5 Å². The van der Waals surface area contributed by atoms with Crippen molar-refractivity contribution in [1.82, 2.24) is 4.98 Å². The maximum atomic E-state index is 12.1. The SMILES string of the molecule is Cc1ccc(C)c(OCC(=O)Nc2ccc(Cc3ccncc3)cc2)c1. The van der Waals surface area contributed by atoms with Gasteiger partial charge in [0.05, 0.1) is 0 Å². The lowest BCUT2D eigenvalue weighted by atomic mass is 10.1. The molecule has 0 aliphatic heterocycles. The summed E-state index contributed by atoms with van der Waals surface area (Å²) in [5, 5.41) is 2.86. The summed E-state index contributed by atoms with van der Waals surface area (Å²) in [7, 11) is 0. The van der Waals surface area contributed by atoms with Gasteiger partial charge in [-0.2, -0.15) is 0 Å². The minimum atomic E-state index is -0.173. The molecule has 0 unspecified atom stereocenters. The van der Waals surface area contributed by atoms with Crippen molar-refractivity contribution in [1.29, 1.82) is 0 Å². The Kier molecular flexibility index (Phi) is 5.64. The normalized spacial score (nSPS) is 10.4. The molecule has 1 heterocycles. The van der Waals surface area contributed by atoms with E-state index in [1.165, 1.54) is 11.1 Å². The number of pyridine rings is 1. The molecule has 3 rings (SSSR count). The second-order valence-electron chi connectivity index (χ2n) is 6.33. The van der Waals surface area contributed by atoms with Crippen molar-refractivity contribution in [3.63, 3.8) is 0 Å². The zero-order valence-electron chi connectivity index (χ0n) is 15.0. The van der Waals surface area contributed by atoms with Crippen LogP contribution >= 0.6 is 0 Å². The summed E-state index contributed by atoms with van der Waals surface area (Å²) in [6, 6.07) is 17.8. The molecule has 0 aliphatic carbocycles. The fourth-order valence-corrected chi connectivity index (χ4v) is 2.65. The van der Waals surface area contributed by atoms with E-state index >= 15 is 0 Å². The van der Waals surface area contributed by atoms with E-state index in [1.54, 1.807) is 12.4 Å². The number of hydrogen-bond acceptors (Lipinski definition) is 3. The lowest BCUT2D eigenvalue weighted by Gasteiger charge is -2.11. The summed E-state index contributed by atoms with van der Waals surface area (Å²) in [5.41, 5.74) is 5.28. The summed E-state index contributed by atoms with van der Waals surface area (Å²) >= 11 is 0. The summed E-state index contributed by atoms with van der Waals surface area (Å²) in [5.74, 6) is 0.570. The highest BCUT2D eigenvalue weighted by atomic mass is 16.5. The van der Waals surface area contributed by atoms with Gasteiger partial charge in [-0.25, -0.2) is 0 Å². The average Bonchev–Trinajstić information content (AvgIpc) is 2.65.